The lowest BCUT2D eigenvalue weighted by molar-refractivity contribution is 0.0977. The molecule has 2 rings (SSSR count). The molecular weight excluding hydrogens is 445 g/mol. The van der Waals surface area contributed by atoms with E-state index in [0.717, 1.165) is 27.9 Å². The van der Waals surface area contributed by atoms with E-state index >= 15 is 0 Å². The second kappa shape index (κ2) is 9.15. The van der Waals surface area contributed by atoms with E-state index < -0.39 is 0 Å². The van der Waals surface area contributed by atoms with Crippen LogP contribution >= 0.6 is 34.8 Å². The lowest BCUT2D eigenvalue weighted by Crippen LogP contribution is -2.34. The van der Waals surface area contributed by atoms with Crippen molar-refractivity contribution in [1.82, 2.24) is 5.32 Å². The summed E-state index contributed by atoms with van der Waals surface area (Å²) in [4.78, 5) is 14.5. The molecule has 0 saturated heterocycles. The minimum Gasteiger partial charge on any atom is -0.372 e. The fourth-order valence-corrected chi connectivity index (χ4v) is 3.28. The molecule has 132 valence electrons. The largest absolute Gasteiger partial charge is 0.372 e. The van der Waals surface area contributed by atoms with Crippen LogP contribution in [0.3, 0.4) is 0 Å². The van der Waals surface area contributed by atoms with Gasteiger partial charge in [-0.1, -0.05) is 6.07 Å². The number of carbonyl (C=O) groups excluding carboxylic acids is 1. The van der Waals surface area contributed by atoms with E-state index in [1.165, 1.54) is 5.69 Å². The summed E-state index contributed by atoms with van der Waals surface area (Å²) in [6, 6.07) is 13.6. The van der Waals surface area contributed by atoms with Gasteiger partial charge in [0.2, 0.25) is 0 Å². The van der Waals surface area contributed by atoms with Gasteiger partial charge < -0.3 is 10.2 Å². The summed E-state index contributed by atoms with van der Waals surface area (Å²) in [5, 5.41) is 6.13. The van der Waals surface area contributed by atoms with Crippen molar-refractivity contribution in [2.24, 2.45) is 0 Å². The molecule has 0 fully saturated rings. The van der Waals surface area contributed by atoms with Crippen LogP contribution in [0.1, 0.15) is 29.8 Å². The van der Waals surface area contributed by atoms with E-state index in [0.29, 0.717) is 10.7 Å². The van der Waals surface area contributed by atoms with Gasteiger partial charge in [0.15, 0.2) is 5.11 Å². The first kappa shape index (κ1) is 19.7. The van der Waals surface area contributed by atoms with E-state index in [9.17, 15) is 4.79 Å². The topological polar surface area (TPSA) is 44.4 Å². The Morgan fingerprint density at radius 3 is 2.48 bits per heavy atom. The molecule has 0 saturated carbocycles. The number of nitrogens with one attached hydrogen (secondary N) is 2. The summed E-state index contributed by atoms with van der Waals surface area (Å²) < 4.78 is 1.01. The number of carbonyl (C=O) groups is 1. The summed E-state index contributed by atoms with van der Waals surface area (Å²) >= 11 is 7.46. The van der Waals surface area contributed by atoms with Gasteiger partial charge in [0.05, 0.1) is 0 Å². The zero-order valence-electron chi connectivity index (χ0n) is 14.6. The van der Waals surface area contributed by atoms with Crippen LogP contribution in [0.5, 0.6) is 0 Å². The molecule has 0 atom stereocenters. The van der Waals surface area contributed by atoms with Crippen LogP contribution in [0.15, 0.2) is 42.5 Å². The normalized spacial score (nSPS) is 10.2. The predicted molar refractivity (Wildman–Crippen MR) is 118 cm³/mol. The molecule has 0 aromatic heterocycles. The third-order valence-electron chi connectivity index (χ3n) is 3.90. The quantitative estimate of drug-likeness (QED) is 0.500. The summed E-state index contributed by atoms with van der Waals surface area (Å²) in [6.45, 7) is 8.24. The molecule has 2 aromatic carbocycles. The Bertz CT molecular complexity index is 775. The zero-order valence-corrected chi connectivity index (χ0v) is 17.6. The number of aryl methyl sites for hydroxylation is 1. The van der Waals surface area contributed by atoms with Crippen LogP contribution in [0, 0.1) is 10.5 Å². The monoisotopic (exact) mass is 467 g/mol. The molecule has 2 aromatic rings. The molecule has 0 radical (unpaired) electrons. The van der Waals surface area contributed by atoms with E-state index in [1.54, 1.807) is 6.07 Å². The number of halogens is 1. The van der Waals surface area contributed by atoms with Gasteiger partial charge in [0.1, 0.15) is 0 Å². The molecule has 0 spiro atoms. The Kier molecular flexibility index (Phi) is 7.19. The predicted octanol–water partition coefficient (Wildman–Crippen LogP) is 4.57. The van der Waals surface area contributed by atoms with Gasteiger partial charge in [-0.05, 0) is 97.5 Å². The maximum absolute atomic E-state index is 12.3. The Labute approximate surface area is 168 Å². The number of hydrogen-bond donors (Lipinski definition) is 2. The van der Waals surface area contributed by atoms with E-state index in [2.05, 4.69) is 64.1 Å². The Morgan fingerprint density at radius 2 is 1.88 bits per heavy atom. The lowest BCUT2D eigenvalue weighted by Gasteiger charge is -2.22. The molecule has 0 aliphatic heterocycles. The van der Waals surface area contributed by atoms with Crippen molar-refractivity contribution in [3.63, 3.8) is 0 Å². The van der Waals surface area contributed by atoms with Crippen molar-refractivity contribution in [2.45, 2.75) is 20.8 Å². The lowest BCUT2D eigenvalue weighted by atomic mass is 10.1. The Balaban J connectivity index is 2.04. The van der Waals surface area contributed by atoms with Gasteiger partial charge in [0.25, 0.3) is 5.91 Å². The first-order valence-electron chi connectivity index (χ1n) is 8.18. The molecule has 0 aliphatic carbocycles. The van der Waals surface area contributed by atoms with E-state index in [4.69, 9.17) is 12.2 Å². The molecule has 2 N–H and O–H groups in total. The van der Waals surface area contributed by atoms with Crippen molar-refractivity contribution in [1.29, 1.82) is 0 Å². The smallest absolute Gasteiger partial charge is 0.257 e. The molecule has 1 amide bonds. The van der Waals surface area contributed by atoms with E-state index in [-0.39, 0.29) is 5.91 Å². The van der Waals surface area contributed by atoms with Crippen molar-refractivity contribution in [3.05, 3.63) is 57.2 Å². The van der Waals surface area contributed by atoms with Crippen molar-refractivity contribution in [3.8, 4) is 0 Å². The van der Waals surface area contributed by atoms with Gasteiger partial charge in [-0.3, -0.25) is 10.1 Å². The summed E-state index contributed by atoms with van der Waals surface area (Å²) in [5.74, 6) is -0.214. The first-order valence-corrected chi connectivity index (χ1v) is 9.66. The molecule has 0 heterocycles. The average Bonchev–Trinajstić information content (AvgIpc) is 2.58. The van der Waals surface area contributed by atoms with Crippen molar-refractivity contribution in [2.75, 3.05) is 23.3 Å². The van der Waals surface area contributed by atoms with Gasteiger partial charge in [0, 0.05) is 33.6 Å². The molecule has 4 nitrogen and oxygen atoms in total. The second-order valence-electron chi connectivity index (χ2n) is 5.59. The minimum atomic E-state index is -0.214. The third-order valence-corrected chi connectivity index (χ3v) is 4.78. The molecular formula is C19H22IN3OS. The summed E-state index contributed by atoms with van der Waals surface area (Å²) in [5.41, 5.74) is 3.74. The van der Waals surface area contributed by atoms with Crippen LogP contribution < -0.4 is 15.5 Å². The number of benzene rings is 2. The van der Waals surface area contributed by atoms with Crippen LogP contribution in [0.4, 0.5) is 11.4 Å². The van der Waals surface area contributed by atoms with Gasteiger partial charge in [-0.25, -0.2) is 0 Å². The van der Waals surface area contributed by atoms with Crippen molar-refractivity contribution >= 4 is 57.2 Å². The molecule has 0 unspecified atom stereocenters. The fourth-order valence-electron chi connectivity index (χ4n) is 2.53. The number of rotatable bonds is 5. The van der Waals surface area contributed by atoms with Crippen LogP contribution in [-0.2, 0) is 0 Å². The maximum Gasteiger partial charge on any atom is 0.257 e. The van der Waals surface area contributed by atoms with Crippen LogP contribution in [0.25, 0.3) is 0 Å². The Morgan fingerprint density at radius 1 is 1.16 bits per heavy atom. The molecule has 0 bridgehead atoms. The number of anilines is 2. The highest BCUT2D eigenvalue weighted by atomic mass is 127. The number of amides is 1. The van der Waals surface area contributed by atoms with E-state index in [1.807, 2.05) is 31.2 Å². The zero-order chi connectivity index (χ0) is 18.4. The maximum atomic E-state index is 12.3. The number of nitrogens with zero attached hydrogens (tertiary/aromatic N) is 1. The number of thiocarbonyl (C=S) groups is 1. The average molecular weight is 467 g/mol. The van der Waals surface area contributed by atoms with Crippen molar-refractivity contribution < 1.29 is 4.79 Å². The highest BCUT2D eigenvalue weighted by molar-refractivity contribution is 14.1. The van der Waals surface area contributed by atoms with Gasteiger partial charge in [-0.15, -0.1) is 0 Å². The summed E-state index contributed by atoms with van der Waals surface area (Å²) in [6.07, 6.45) is 0. The molecule has 6 heteroatoms. The second-order valence-corrected chi connectivity index (χ2v) is 7.24. The molecule has 25 heavy (non-hydrogen) atoms. The summed E-state index contributed by atoms with van der Waals surface area (Å²) in [7, 11) is 0. The highest BCUT2D eigenvalue weighted by Gasteiger charge is 2.10. The SMILES string of the molecule is CCN(CC)c1ccc(NC(=S)NC(=O)c2cccc(I)c2)c(C)c1. The van der Waals surface area contributed by atoms with Crippen LogP contribution in [-0.4, -0.2) is 24.1 Å². The van der Waals surface area contributed by atoms with Gasteiger partial charge in [-0.2, -0.15) is 0 Å². The Hall–Kier alpha value is -1.67. The van der Waals surface area contributed by atoms with Crippen LogP contribution in [0.2, 0.25) is 0 Å². The fraction of sp³-hybridized carbons (Fsp3) is 0.263. The first-order chi connectivity index (χ1) is 11.9. The third kappa shape index (κ3) is 5.40. The molecule has 0 aliphatic rings. The minimum absolute atomic E-state index is 0.214. The standard InChI is InChI=1S/C19H22IN3OS/c1-4-23(5-2)16-9-10-17(13(3)11-16)21-19(25)22-18(24)14-7-6-8-15(20)12-14/h6-12H,4-5H2,1-3H3,(H2,21,22,24,25). The number of hydrogen-bond acceptors (Lipinski definition) is 3. The highest BCUT2D eigenvalue weighted by Crippen LogP contribution is 2.22. The van der Waals surface area contributed by atoms with Gasteiger partial charge >= 0.3 is 0 Å².